The average molecular weight is 429 g/mol. The number of aromatic nitrogens is 4. The van der Waals surface area contributed by atoms with Crippen molar-refractivity contribution in [3.05, 3.63) is 65.3 Å². The predicted octanol–water partition coefficient (Wildman–Crippen LogP) is 3.81. The molecule has 1 fully saturated rings. The van der Waals surface area contributed by atoms with Crippen molar-refractivity contribution < 1.29 is 9.18 Å². The second-order valence-electron chi connectivity index (χ2n) is 7.38. The highest BCUT2D eigenvalue weighted by Crippen LogP contribution is 2.28. The first-order valence-corrected chi connectivity index (χ1v) is 10.2. The summed E-state index contributed by atoms with van der Waals surface area (Å²) in [5.41, 5.74) is 0.312. The quantitative estimate of drug-likeness (QED) is 0.668. The summed E-state index contributed by atoms with van der Waals surface area (Å²) in [4.78, 5) is 20.8. The Morgan fingerprint density at radius 3 is 2.80 bits per heavy atom. The smallest absolute Gasteiger partial charge is 0.259 e. The highest BCUT2D eigenvalue weighted by atomic mass is 35.5. The number of nitrogens with zero attached hydrogens (tertiary/aromatic N) is 5. The van der Waals surface area contributed by atoms with E-state index in [1.54, 1.807) is 35.4 Å². The van der Waals surface area contributed by atoms with Crippen molar-refractivity contribution in [2.24, 2.45) is 5.92 Å². The molecule has 4 rings (SSSR count). The summed E-state index contributed by atoms with van der Waals surface area (Å²) >= 11 is 5.90. The van der Waals surface area contributed by atoms with Gasteiger partial charge in [0, 0.05) is 19.3 Å². The summed E-state index contributed by atoms with van der Waals surface area (Å²) in [6, 6.07) is 7.93. The molecule has 0 saturated carbocycles. The summed E-state index contributed by atoms with van der Waals surface area (Å²) < 4.78 is 14.8. The van der Waals surface area contributed by atoms with E-state index in [-0.39, 0.29) is 23.4 Å². The number of hydrogen-bond donors (Lipinski definition) is 1. The summed E-state index contributed by atoms with van der Waals surface area (Å²) in [5, 5.41) is 12.0. The van der Waals surface area contributed by atoms with Crippen LogP contribution in [-0.2, 0) is 0 Å². The molecule has 1 aliphatic rings. The van der Waals surface area contributed by atoms with Crippen molar-refractivity contribution in [1.29, 1.82) is 0 Å². The maximum Gasteiger partial charge on any atom is 0.259 e. The fourth-order valence-corrected chi connectivity index (χ4v) is 3.99. The highest BCUT2D eigenvalue weighted by molar-refractivity contribution is 6.30. The van der Waals surface area contributed by atoms with Gasteiger partial charge in [-0.15, -0.1) is 0 Å². The molecule has 0 radical (unpaired) electrons. The van der Waals surface area contributed by atoms with Crippen LogP contribution in [0.2, 0.25) is 5.02 Å². The number of hydrogen-bond acceptors (Lipinski definition) is 5. The van der Waals surface area contributed by atoms with E-state index in [0.29, 0.717) is 29.6 Å². The van der Waals surface area contributed by atoms with Crippen molar-refractivity contribution in [3.63, 3.8) is 0 Å². The third-order valence-electron chi connectivity index (χ3n) is 5.44. The predicted molar refractivity (Wildman–Crippen MR) is 112 cm³/mol. The number of anilines is 1. The lowest BCUT2D eigenvalue weighted by atomic mass is 9.90. The Labute approximate surface area is 178 Å². The summed E-state index contributed by atoms with van der Waals surface area (Å²) in [6.07, 6.45) is 6.42. The molecule has 30 heavy (non-hydrogen) atoms. The zero-order valence-electron chi connectivity index (χ0n) is 16.5. The lowest BCUT2D eigenvalue weighted by Crippen LogP contribution is -2.51. The van der Waals surface area contributed by atoms with E-state index in [1.807, 2.05) is 0 Å². The molecule has 0 bridgehead atoms. The monoisotopic (exact) mass is 428 g/mol. The molecule has 0 aliphatic carbocycles. The maximum atomic E-state index is 14.8. The minimum absolute atomic E-state index is 0.0163. The van der Waals surface area contributed by atoms with Gasteiger partial charge in [0.25, 0.3) is 5.91 Å². The van der Waals surface area contributed by atoms with Crippen molar-refractivity contribution in [2.75, 3.05) is 18.4 Å². The topological polar surface area (TPSA) is 75.9 Å². The van der Waals surface area contributed by atoms with Gasteiger partial charge in [-0.05, 0) is 43.0 Å². The zero-order valence-corrected chi connectivity index (χ0v) is 17.3. The van der Waals surface area contributed by atoms with Crippen LogP contribution in [0.5, 0.6) is 0 Å². The van der Waals surface area contributed by atoms with Crippen LogP contribution in [0, 0.1) is 11.7 Å². The van der Waals surface area contributed by atoms with Crippen molar-refractivity contribution >= 4 is 23.3 Å². The normalized spacial score (nSPS) is 19.0. The van der Waals surface area contributed by atoms with Gasteiger partial charge in [-0.1, -0.05) is 24.6 Å². The number of nitrogens with one attached hydrogen (secondary N) is 1. The molecule has 1 aromatic carbocycles. The van der Waals surface area contributed by atoms with Crippen LogP contribution in [0.3, 0.4) is 0 Å². The second-order valence-corrected chi connectivity index (χ2v) is 7.82. The van der Waals surface area contributed by atoms with E-state index in [0.717, 1.165) is 12.8 Å². The van der Waals surface area contributed by atoms with E-state index in [4.69, 9.17) is 11.6 Å². The van der Waals surface area contributed by atoms with Gasteiger partial charge in [0.1, 0.15) is 22.9 Å². The Balaban J connectivity index is 1.61. The first-order valence-electron chi connectivity index (χ1n) is 9.86. The average Bonchev–Trinajstić information content (AvgIpc) is 3.28. The SMILES string of the molecule is CC1CCCN(C(=O)c2c(F)cccc2-n2nccn2)[C@@H]1CNc1ccc(Cl)cn1. The van der Waals surface area contributed by atoms with E-state index in [2.05, 4.69) is 27.4 Å². The second kappa shape index (κ2) is 8.79. The molecule has 3 aromatic rings. The van der Waals surface area contributed by atoms with Crippen LogP contribution in [0.25, 0.3) is 5.69 Å². The molecule has 2 aromatic heterocycles. The van der Waals surface area contributed by atoms with Gasteiger partial charge < -0.3 is 10.2 Å². The molecule has 1 amide bonds. The lowest BCUT2D eigenvalue weighted by Gasteiger charge is -2.40. The number of benzene rings is 1. The Morgan fingerprint density at radius 2 is 2.07 bits per heavy atom. The highest BCUT2D eigenvalue weighted by Gasteiger charge is 2.34. The molecule has 0 spiro atoms. The molecule has 1 aliphatic heterocycles. The van der Waals surface area contributed by atoms with E-state index >= 15 is 0 Å². The third-order valence-corrected chi connectivity index (χ3v) is 5.66. The van der Waals surface area contributed by atoms with E-state index in [9.17, 15) is 9.18 Å². The molecule has 1 saturated heterocycles. The Morgan fingerprint density at radius 1 is 1.27 bits per heavy atom. The number of pyridine rings is 1. The molecule has 2 atom stereocenters. The molecule has 156 valence electrons. The first-order chi connectivity index (χ1) is 14.5. The zero-order chi connectivity index (χ0) is 21.1. The van der Waals surface area contributed by atoms with Crippen molar-refractivity contribution in [1.82, 2.24) is 24.9 Å². The number of carbonyl (C=O) groups excluding carboxylic acids is 1. The van der Waals surface area contributed by atoms with Gasteiger partial charge in [-0.25, -0.2) is 9.37 Å². The van der Waals surface area contributed by atoms with E-state index < -0.39 is 5.82 Å². The van der Waals surface area contributed by atoms with Crippen LogP contribution in [0.4, 0.5) is 10.2 Å². The van der Waals surface area contributed by atoms with E-state index in [1.165, 1.54) is 23.3 Å². The Bertz CT molecular complexity index is 1010. The number of halogens is 2. The molecule has 7 nitrogen and oxygen atoms in total. The van der Waals surface area contributed by atoms with Crippen molar-refractivity contribution in [2.45, 2.75) is 25.8 Å². The van der Waals surface area contributed by atoms with Gasteiger partial charge in [0.05, 0.1) is 23.5 Å². The Hall–Kier alpha value is -3.00. The summed E-state index contributed by atoms with van der Waals surface area (Å²) in [6.45, 7) is 3.17. The standard InChI is InChI=1S/C21H22ClFN6O/c1-14-4-3-11-28(18(14)13-25-19-8-7-15(22)12-24-19)21(30)20-16(23)5-2-6-17(20)29-26-9-10-27-29/h2,5-10,12,14,18H,3-4,11,13H2,1H3,(H,24,25)/t14?,18-/m1/s1. The number of carbonyl (C=O) groups is 1. The number of amides is 1. The van der Waals surface area contributed by atoms with Crippen LogP contribution >= 0.6 is 11.6 Å². The lowest BCUT2D eigenvalue weighted by molar-refractivity contribution is 0.0535. The number of piperidine rings is 1. The summed E-state index contributed by atoms with van der Waals surface area (Å²) in [7, 11) is 0. The third kappa shape index (κ3) is 4.14. The molecular weight excluding hydrogens is 407 g/mol. The van der Waals surface area contributed by atoms with Gasteiger partial charge >= 0.3 is 0 Å². The van der Waals surface area contributed by atoms with Gasteiger partial charge in [0.2, 0.25) is 0 Å². The first kappa shape index (κ1) is 20.3. The molecule has 9 heteroatoms. The molecule has 3 heterocycles. The molecule has 1 unspecified atom stereocenters. The molecule has 1 N–H and O–H groups in total. The van der Waals surface area contributed by atoms with Crippen LogP contribution < -0.4 is 5.32 Å². The van der Waals surface area contributed by atoms with Crippen LogP contribution in [-0.4, -0.2) is 49.9 Å². The van der Waals surface area contributed by atoms with Gasteiger partial charge in [-0.3, -0.25) is 4.79 Å². The van der Waals surface area contributed by atoms with Gasteiger partial charge in [0.15, 0.2) is 0 Å². The molecular formula is C21H22ClFN6O. The Kier molecular flexibility index (Phi) is 5.94. The number of rotatable bonds is 5. The van der Waals surface area contributed by atoms with Gasteiger partial charge in [-0.2, -0.15) is 15.0 Å². The van der Waals surface area contributed by atoms with Crippen LogP contribution in [0.1, 0.15) is 30.1 Å². The van der Waals surface area contributed by atoms with Crippen molar-refractivity contribution in [3.8, 4) is 5.69 Å². The fraction of sp³-hybridized carbons (Fsp3) is 0.333. The maximum absolute atomic E-state index is 14.8. The number of likely N-dealkylation sites (tertiary alicyclic amines) is 1. The largest absolute Gasteiger partial charge is 0.368 e. The summed E-state index contributed by atoms with van der Waals surface area (Å²) in [5.74, 6) is -0.0145. The minimum atomic E-state index is -0.584. The minimum Gasteiger partial charge on any atom is -0.368 e. The van der Waals surface area contributed by atoms with Crippen LogP contribution in [0.15, 0.2) is 48.9 Å². The fourth-order valence-electron chi connectivity index (χ4n) is 3.88.